The van der Waals surface area contributed by atoms with E-state index in [2.05, 4.69) is 17.6 Å². The summed E-state index contributed by atoms with van der Waals surface area (Å²) in [6, 6.07) is 6.42. The van der Waals surface area contributed by atoms with Crippen molar-refractivity contribution >= 4 is 5.91 Å². The maximum atomic E-state index is 13.0. The molecule has 1 fully saturated rings. The lowest BCUT2D eigenvalue weighted by atomic mass is 9.92. The summed E-state index contributed by atoms with van der Waals surface area (Å²) in [4.78, 5) is 12.0. The molecule has 2 N–H and O–H groups in total. The van der Waals surface area contributed by atoms with E-state index >= 15 is 0 Å². The lowest BCUT2D eigenvalue weighted by Crippen LogP contribution is -2.51. The third kappa shape index (κ3) is 4.03. The molecule has 1 aliphatic rings. The van der Waals surface area contributed by atoms with Crippen LogP contribution in [0.1, 0.15) is 25.3 Å². The normalized spacial score (nSPS) is 23.1. The van der Waals surface area contributed by atoms with Crippen molar-refractivity contribution in [3.05, 3.63) is 35.6 Å². The Hall–Kier alpha value is -1.42. The third-order valence-electron chi connectivity index (χ3n) is 3.65. The number of nitrogens with one attached hydrogen (secondary N) is 2. The van der Waals surface area contributed by atoms with E-state index in [1.165, 1.54) is 12.1 Å². The van der Waals surface area contributed by atoms with E-state index < -0.39 is 0 Å². The lowest BCUT2D eigenvalue weighted by molar-refractivity contribution is -0.124. The highest BCUT2D eigenvalue weighted by molar-refractivity contribution is 5.82. The van der Waals surface area contributed by atoms with Gasteiger partial charge in [-0.25, -0.2) is 4.39 Å². The summed E-state index contributed by atoms with van der Waals surface area (Å²) in [6.07, 6.45) is 2.88. The molecule has 0 aromatic heterocycles. The molecule has 1 aliphatic heterocycles. The summed E-state index contributed by atoms with van der Waals surface area (Å²) in [6.45, 7) is 3.56. The van der Waals surface area contributed by atoms with Gasteiger partial charge in [0.1, 0.15) is 5.82 Å². The van der Waals surface area contributed by atoms with Crippen LogP contribution in [-0.2, 0) is 11.2 Å². The van der Waals surface area contributed by atoms with Crippen molar-refractivity contribution in [3.63, 3.8) is 0 Å². The van der Waals surface area contributed by atoms with Crippen molar-refractivity contribution in [1.29, 1.82) is 0 Å². The average Bonchev–Trinajstić information content (AvgIpc) is 2.39. The van der Waals surface area contributed by atoms with E-state index in [-0.39, 0.29) is 17.8 Å². The first-order chi connectivity index (χ1) is 9.16. The molecule has 0 radical (unpaired) electrons. The largest absolute Gasteiger partial charge is 0.354 e. The summed E-state index contributed by atoms with van der Waals surface area (Å²) in [5.74, 6) is 0.206. The number of hydrogen-bond donors (Lipinski definition) is 2. The molecule has 0 bridgehead atoms. The summed E-state index contributed by atoms with van der Waals surface area (Å²) < 4.78 is 13.0. The van der Waals surface area contributed by atoms with Gasteiger partial charge < -0.3 is 10.6 Å². The Morgan fingerprint density at radius 3 is 3.11 bits per heavy atom. The summed E-state index contributed by atoms with van der Waals surface area (Å²) >= 11 is 0. The molecule has 2 rings (SSSR count). The quantitative estimate of drug-likeness (QED) is 0.871. The van der Waals surface area contributed by atoms with Gasteiger partial charge in [0.15, 0.2) is 0 Å². The van der Waals surface area contributed by atoms with Gasteiger partial charge in [-0.3, -0.25) is 4.79 Å². The lowest BCUT2D eigenvalue weighted by Gasteiger charge is -2.28. The molecular formula is C15H21FN2O. The molecule has 19 heavy (non-hydrogen) atoms. The molecule has 3 nitrogen and oxygen atoms in total. The van der Waals surface area contributed by atoms with Crippen LogP contribution in [0.15, 0.2) is 24.3 Å². The average molecular weight is 264 g/mol. The monoisotopic (exact) mass is 264 g/mol. The Morgan fingerprint density at radius 2 is 2.37 bits per heavy atom. The molecule has 0 aliphatic carbocycles. The van der Waals surface area contributed by atoms with Crippen LogP contribution in [0.5, 0.6) is 0 Å². The first-order valence-electron chi connectivity index (χ1n) is 6.92. The van der Waals surface area contributed by atoms with E-state index in [0.717, 1.165) is 24.9 Å². The van der Waals surface area contributed by atoms with Gasteiger partial charge in [0.05, 0.1) is 6.04 Å². The van der Waals surface area contributed by atoms with Gasteiger partial charge in [-0.1, -0.05) is 19.1 Å². The molecule has 2 unspecified atom stereocenters. The summed E-state index contributed by atoms with van der Waals surface area (Å²) in [5.41, 5.74) is 0.907. The van der Waals surface area contributed by atoms with Crippen LogP contribution < -0.4 is 10.6 Å². The number of halogens is 1. The van der Waals surface area contributed by atoms with Crippen molar-refractivity contribution in [1.82, 2.24) is 10.6 Å². The van der Waals surface area contributed by atoms with Gasteiger partial charge in [0, 0.05) is 6.54 Å². The standard InChI is InChI=1S/C15H21FN2O/c1-11-4-3-8-17-14(11)15(19)18-9-7-12-5-2-6-13(16)10-12/h2,5-6,10-11,14,17H,3-4,7-9H2,1H3,(H,18,19). The minimum absolute atomic E-state index is 0.0589. The Balaban J connectivity index is 1.77. The van der Waals surface area contributed by atoms with Gasteiger partial charge in [-0.05, 0) is 49.4 Å². The van der Waals surface area contributed by atoms with Gasteiger partial charge in [0.2, 0.25) is 5.91 Å². The molecule has 4 heteroatoms. The minimum atomic E-state index is -0.230. The molecule has 0 spiro atoms. The summed E-state index contributed by atoms with van der Waals surface area (Å²) in [5, 5.41) is 6.18. The minimum Gasteiger partial charge on any atom is -0.354 e. The number of hydrogen-bond acceptors (Lipinski definition) is 2. The zero-order valence-electron chi connectivity index (χ0n) is 11.3. The van der Waals surface area contributed by atoms with Crippen LogP contribution in [0.3, 0.4) is 0 Å². The topological polar surface area (TPSA) is 41.1 Å². The predicted octanol–water partition coefficient (Wildman–Crippen LogP) is 1.87. The van der Waals surface area contributed by atoms with Crippen LogP contribution in [0.2, 0.25) is 0 Å². The zero-order valence-corrected chi connectivity index (χ0v) is 11.3. The number of rotatable bonds is 4. The Morgan fingerprint density at radius 1 is 1.53 bits per heavy atom. The van der Waals surface area contributed by atoms with Gasteiger partial charge in [-0.15, -0.1) is 0 Å². The van der Waals surface area contributed by atoms with Crippen LogP contribution in [0.4, 0.5) is 4.39 Å². The second-order valence-corrected chi connectivity index (χ2v) is 5.22. The maximum Gasteiger partial charge on any atom is 0.237 e. The van der Waals surface area contributed by atoms with Gasteiger partial charge in [0.25, 0.3) is 0 Å². The Bertz CT molecular complexity index is 436. The highest BCUT2D eigenvalue weighted by Crippen LogP contribution is 2.15. The first-order valence-corrected chi connectivity index (χ1v) is 6.92. The van der Waals surface area contributed by atoms with Crippen molar-refractivity contribution < 1.29 is 9.18 Å². The molecular weight excluding hydrogens is 243 g/mol. The summed E-state index contributed by atoms with van der Waals surface area (Å²) in [7, 11) is 0. The second-order valence-electron chi connectivity index (χ2n) is 5.22. The fraction of sp³-hybridized carbons (Fsp3) is 0.533. The van der Waals surface area contributed by atoms with Crippen molar-refractivity contribution in [2.45, 2.75) is 32.2 Å². The van der Waals surface area contributed by atoms with E-state index in [1.807, 2.05) is 6.07 Å². The molecule has 1 heterocycles. The predicted molar refractivity (Wildman–Crippen MR) is 73.3 cm³/mol. The number of carbonyl (C=O) groups excluding carboxylic acids is 1. The van der Waals surface area contributed by atoms with Crippen molar-refractivity contribution in [3.8, 4) is 0 Å². The molecule has 1 aromatic rings. The van der Waals surface area contributed by atoms with Gasteiger partial charge in [-0.2, -0.15) is 0 Å². The SMILES string of the molecule is CC1CCCNC1C(=O)NCCc1cccc(F)c1. The molecule has 1 amide bonds. The first kappa shape index (κ1) is 14.0. The molecule has 1 saturated heterocycles. The second kappa shape index (κ2) is 6.66. The number of benzene rings is 1. The smallest absolute Gasteiger partial charge is 0.237 e. The number of piperidine rings is 1. The number of carbonyl (C=O) groups is 1. The van der Waals surface area contributed by atoms with Crippen LogP contribution in [0.25, 0.3) is 0 Å². The van der Waals surface area contributed by atoms with Crippen molar-refractivity contribution in [2.75, 3.05) is 13.1 Å². The van der Waals surface area contributed by atoms with Gasteiger partial charge >= 0.3 is 0 Å². The fourth-order valence-electron chi connectivity index (χ4n) is 2.53. The van der Waals surface area contributed by atoms with E-state index in [9.17, 15) is 9.18 Å². The van der Waals surface area contributed by atoms with E-state index in [1.54, 1.807) is 6.07 Å². The highest BCUT2D eigenvalue weighted by Gasteiger charge is 2.26. The molecule has 1 aromatic carbocycles. The Kier molecular flexibility index (Phi) is 4.91. The van der Waals surface area contributed by atoms with E-state index in [0.29, 0.717) is 18.9 Å². The van der Waals surface area contributed by atoms with Crippen LogP contribution in [-0.4, -0.2) is 25.0 Å². The van der Waals surface area contributed by atoms with Crippen LogP contribution >= 0.6 is 0 Å². The maximum absolute atomic E-state index is 13.0. The van der Waals surface area contributed by atoms with Crippen LogP contribution in [0, 0.1) is 11.7 Å². The highest BCUT2D eigenvalue weighted by atomic mass is 19.1. The third-order valence-corrected chi connectivity index (χ3v) is 3.65. The molecule has 104 valence electrons. The Labute approximate surface area is 113 Å². The number of amides is 1. The molecule has 2 atom stereocenters. The molecule has 0 saturated carbocycles. The van der Waals surface area contributed by atoms with E-state index in [4.69, 9.17) is 0 Å². The van der Waals surface area contributed by atoms with Crippen molar-refractivity contribution in [2.24, 2.45) is 5.92 Å². The fourth-order valence-corrected chi connectivity index (χ4v) is 2.53. The zero-order chi connectivity index (χ0) is 13.7.